The Morgan fingerprint density at radius 2 is 1.68 bits per heavy atom. The first-order chi connectivity index (χ1) is 18.1. The van der Waals surface area contributed by atoms with Crippen molar-refractivity contribution in [3.8, 4) is 5.75 Å². The van der Waals surface area contributed by atoms with Crippen molar-refractivity contribution in [2.24, 2.45) is 5.73 Å². The zero-order valence-electron chi connectivity index (χ0n) is 19.9. The van der Waals surface area contributed by atoms with Crippen LogP contribution in [0.1, 0.15) is 0 Å². The quantitative estimate of drug-likeness (QED) is 0.167. The third-order valence-corrected chi connectivity index (χ3v) is 7.74. The summed E-state index contributed by atoms with van der Waals surface area (Å²) in [5.74, 6) is 0.366. The second-order valence-electron chi connectivity index (χ2n) is 8.35. The van der Waals surface area contributed by atoms with Crippen LogP contribution in [0.3, 0.4) is 0 Å². The van der Waals surface area contributed by atoms with Gasteiger partial charge in [0.05, 0.1) is 18.1 Å². The van der Waals surface area contributed by atoms with E-state index in [1.807, 2.05) is 12.1 Å². The van der Waals surface area contributed by atoms with Gasteiger partial charge in [0.15, 0.2) is 0 Å². The predicted molar refractivity (Wildman–Crippen MR) is 143 cm³/mol. The van der Waals surface area contributed by atoms with Gasteiger partial charge >= 0.3 is 6.09 Å². The molecule has 4 N–H and O–H groups in total. The monoisotopic (exact) mass is 659 g/mol. The molecule has 1 aliphatic heterocycles. The van der Waals surface area contributed by atoms with E-state index < -0.39 is 53.5 Å². The Morgan fingerprint density at radius 1 is 0.974 bits per heavy atom. The third kappa shape index (κ3) is 7.11. The Morgan fingerprint density at radius 3 is 2.39 bits per heavy atom. The summed E-state index contributed by atoms with van der Waals surface area (Å²) in [4.78, 5) is 10.7. The van der Waals surface area contributed by atoms with E-state index in [0.717, 1.165) is 8.96 Å². The highest BCUT2D eigenvalue weighted by molar-refractivity contribution is 14.1. The van der Waals surface area contributed by atoms with Crippen LogP contribution in [0.25, 0.3) is 10.8 Å². The molecule has 0 bridgehead atoms. The number of amides is 1. The minimum Gasteiger partial charge on any atom is -0.462 e. The first-order valence-corrected chi connectivity index (χ1v) is 14.0. The maximum absolute atomic E-state index is 12.9. The molecule has 38 heavy (non-hydrogen) atoms. The van der Waals surface area contributed by atoms with Gasteiger partial charge in [-0.05, 0) is 69.8 Å². The summed E-state index contributed by atoms with van der Waals surface area (Å²) in [5.41, 5.74) is 4.94. The highest BCUT2D eigenvalue weighted by atomic mass is 127. The number of halogens is 1. The lowest BCUT2D eigenvalue weighted by molar-refractivity contribution is -0.285. The van der Waals surface area contributed by atoms with Gasteiger partial charge in [0.2, 0.25) is 6.29 Å². The Balaban J connectivity index is 1.49. The second kappa shape index (κ2) is 12.5. The van der Waals surface area contributed by atoms with Crippen LogP contribution < -0.4 is 10.5 Å². The molecular formula is C25H26INO10S. The number of aliphatic hydroxyl groups is 2. The lowest BCUT2D eigenvalue weighted by Gasteiger charge is -2.41. The average Bonchev–Trinajstić information content (AvgIpc) is 2.90. The van der Waals surface area contributed by atoms with Gasteiger partial charge in [0.25, 0.3) is 10.1 Å². The maximum Gasteiger partial charge on any atom is 0.404 e. The van der Waals surface area contributed by atoms with Gasteiger partial charge in [-0.1, -0.05) is 30.3 Å². The lowest BCUT2D eigenvalue weighted by Crippen LogP contribution is -2.61. The summed E-state index contributed by atoms with van der Waals surface area (Å²) in [6.07, 6.45) is -7.88. The maximum atomic E-state index is 12.9. The molecule has 0 aromatic heterocycles. The second-order valence-corrected chi connectivity index (χ2v) is 11.2. The molecule has 3 aromatic rings. The number of fused-ring (bicyclic) bond motifs is 1. The van der Waals surface area contributed by atoms with Crippen molar-refractivity contribution in [2.75, 3.05) is 19.8 Å². The van der Waals surface area contributed by atoms with Gasteiger partial charge in [0.1, 0.15) is 36.8 Å². The van der Waals surface area contributed by atoms with Crippen LogP contribution in [-0.2, 0) is 28.5 Å². The summed E-state index contributed by atoms with van der Waals surface area (Å²) in [7, 11) is -4.22. The average molecular weight is 659 g/mol. The van der Waals surface area contributed by atoms with E-state index in [1.54, 1.807) is 42.5 Å². The number of benzene rings is 3. The largest absolute Gasteiger partial charge is 0.462 e. The fourth-order valence-corrected chi connectivity index (χ4v) is 5.17. The summed E-state index contributed by atoms with van der Waals surface area (Å²) < 4.78 is 53.7. The molecule has 4 rings (SSSR count). The number of nitrogens with two attached hydrogens (primary N) is 1. The van der Waals surface area contributed by atoms with Crippen molar-refractivity contribution in [3.63, 3.8) is 0 Å². The molecule has 0 aliphatic carbocycles. The number of carbonyl (C=O) groups is 1. The van der Waals surface area contributed by atoms with Gasteiger partial charge in [0, 0.05) is 3.57 Å². The first kappa shape index (κ1) is 28.5. The highest BCUT2D eigenvalue weighted by Gasteiger charge is 2.47. The fraction of sp³-hybridized carbons (Fsp3) is 0.320. The van der Waals surface area contributed by atoms with Crippen LogP contribution in [0.2, 0.25) is 0 Å². The molecule has 0 radical (unpaired) electrons. The first-order valence-electron chi connectivity index (χ1n) is 11.5. The number of carbonyl (C=O) groups excluding carboxylic acids is 1. The molecule has 204 valence electrons. The topological polar surface area (TPSA) is 164 Å². The van der Waals surface area contributed by atoms with Crippen LogP contribution in [0.15, 0.2) is 71.6 Å². The Bertz CT molecular complexity index is 1350. The number of rotatable bonds is 10. The molecule has 11 nitrogen and oxygen atoms in total. The smallest absolute Gasteiger partial charge is 0.404 e. The summed E-state index contributed by atoms with van der Waals surface area (Å²) in [6.45, 7) is -1.03. The van der Waals surface area contributed by atoms with E-state index in [9.17, 15) is 23.4 Å². The SMILES string of the molecule is NC(=O)OCCO[C@@H]1[C@@H](O)[C@H](Oc2ccc(I)cc2)O[C@H](COS(=O)(=O)c2ccc3ccccc3c2)[C@H]1O. The molecule has 5 atom stereocenters. The number of hydrogen-bond donors (Lipinski definition) is 3. The highest BCUT2D eigenvalue weighted by Crippen LogP contribution is 2.28. The number of aliphatic hydroxyl groups excluding tert-OH is 2. The molecule has 3 aromatic carbocycles. The fourth-order valence-electron chi connectivity index (χ4n) is 3.86. The van der Waals surface area contributed by atoms with Crippen LogP contribution in [0, 0.1) is 3.57 Å². The summed E-state index contributed by atoms with van der Waals surface area (Å²) in [6, 6.07) is 18.7. The minimum absolute atomic E-state index is 0.0652. The van der Waals surface area contributed by atoms with Crippen LogP contribution in [-0.4, -0.2) is 75.3 Å². The van der Waals surface area contributed by atoms with Crippen molar-refractivity contribution in [2.45, 2.75) is 35.6 Å². The number of hydrogen-bond acceptors (Lipinski definition) is 10. The van der Waals surface area contributed by atoms with Crippen LogP contribution in [0.5, 0.6) is 5.75 Å². The normalized spacial score (nSPS) is 23.7. The van der Waals surface area contributed by atoms with E-state index in [-0.39, 0.29) is 18.1 Å². The van der Waals surface area contributed by atoms with Crippen LogP contribution in [0.4, 0.5) is 4.79 Å². The van der Waals surface area contributed by atoms with E-state index in [1.165, 1.54) is 12.1 Å². The Labute approximate surface area is 232 Å². The predicted octanol–water partition coefficient (Wildman–Crippen LogP) is 2.16. The van der Waals surface area contributed by atoms with Crippen molar-refractivity contribution in [1.29, 1.82) is 0 Å². The number of primary amides is 1. The van der Waals surface area contributed by atoms with Gasteiger partial charge < -0.3 is 34.9 Å². The van der Waals surface area contributed by atoms with E-state index in [0.29, 0.717) is 11.1 Å². The molecule has 1 fully saturated rings. The van der Waals surface area contributed by atoms with Gasteiger partial charge in [-0.2, -0.15) is 8.42 Å². The molecule has 1 heterocycles. The van der Waals surface area contributed by atoms with E-state index in [4.69, 9.17) is 24.1 Å². The van der Waals surface area contributed by atoms with Gasteiger partial charge in [-0.3, -0.25) is 4.18 Å². The van der Waals surface area contributed by atoms with Gasteiger partial charge in [-0.15, -0.1) is 0 Å². The summed E-state index contributed by atoms with van der Waals surface area (Å²) >= 11 is 2.12. The number of ether oxygens (including phenoxy) is 4. The molecule has 1 aliphatic rings. The van der Waals surface area contributed by atoms with E-state index >= 15 is 0 Å². The van der Waals surface area contributed by atoms with Crippen molar-refractivity contribution < 1.29 is 46.6 Å². The van der Waals surface area contributed by atoms with Gasteiger partial charge in [-0.25, -0.2) is 4.79 Å². The van der Waals surface area contributed by atoms with Crippen LogP contribution >= 0.6 is 22.6 Å². The molecule has 0 unspecified atom stereocenters. The van der Waals surface area contributed by atoms with Crippen molar-refractivity contribution in [1.82, 2.24) is 0 Å². The molecule has 13 heteroatoms. The molecule has 0 saturated carbocycles. The lowest BCUT2D eigenvalue weighted by atomic mass is 9.99. The zero-order valence-corrected chi connectivity index (χ0v) is 22.9. The zero-order chi connectivity index (χ0) is 27.3. The molecule has 0 spiro atoms. The minimum atomic E-state index is -4.22. The summed E-state index contributed by atoms with van der Waals surface area (Å²) in [5, 5.41) is 23.3. The molecule has 1 amide bonds. The standard InChI is InChI=1S/C25H26INO10S/c26-17-6-8-18(9-7-17)36-24-22(29)23(33-11-12-34-25(27)30)21(28)20(37-24)14-35-38(31,32)19-10-5-15-3-1-2-4-16(15)13-19/h1-10,13,20-24,28-29H,11-12,14H2,(H2,27,30)/t20-,21-,22-,23+,24-/m1/s1. The van der Waals surface area contributed by atoms with Crippen molar-refractivity contribution in [3.05, 3.63) is 70.3 Å². The molecular weight excluding hydrogens is 633 g/mol. The Kier molecular flexibility index (Phi) is 9.40. The van der Waals surface area contributed by atoms with E-state index in [2.05, 4.69) is 27.3 Å². The third-order valence-electron chi connectivity index (χ3n) is 5.74. The Hall–Kier alpha value is -2.53. The van der Waals surface area contributed by atoms with Crippen molar-refractivity contribution >= 4 is 49.6 Å². The molecule has 1 saturated heterocycles.